The van der Waals surface area contributed by atoms with Crippen LogP contribution in [0.2, 0.25) is 0 Å². The molecule has 0 atom stereocenters. The molecule has 1 aromatic rings. The molecule has 0 saturated heterocycles. The average Bonchev–Trinajstić information content (AvgIpc) is 2.17. The number of hydrogen-bond acceptors (Lipinski definition) is 2. The second-order valence-electron chi connectivity index (χ2n) is 2.07. The Morgan fingerprint density at radius 3 is 0.929 bits per heavy atom. The number of benzene rings is 1. The van der Waals surface area contributed by atoms with Crippen molar-refractivity contribution >= 4 is 0 Å². The SMILES string of the molecule is FOc1c(F)c(F)c(OF)c(F)c1F. The summed E-state index contributed by atoms with van der Waals surface area (Å²) in [6.07, 6.45) is 0. The van der Waals surface area contributed by atoms with E-state index in [-0.39, 0.29) is 0 Å². The first-order valence-corrected chi connectivity index (χ1v) is 2.97. The Hall–Kier alpha value is -1.60. The van der Waals surface area contributed by atoms with Gasteiger partial charge in [0, 0.05) is 9.05 Å². The normalized spacial score (nSPS) is 10.1. The topological polar surface area (TPSA) is 18.5 Å². The minimum Gasteiger partial charge on any atom is -0.288 e. The van der Waals surface area contributed by atoms with Crippen molar-refractivity contribution in [1.82, 2.24) is 0 Å². The fourth-order valence-corrected chi connectivity index (χ4v) is 0.727. The van der Waals surface area contributed by atoms with Gasteiger partial charge in [0.05, 0.1) is 0 Å². The Bertz CT molecular complexity index is 302. The first kappa shape index (κ1) is 10.5. The summed E-state index contributed by atoms with van der Waals surface area (Å²) in [6, 6.07) is 0. The summed E-state index contributed by atoms with van der Waals surface area (Å²) in [5.41, 5.74) is 0. The molecular formula is C6F6O2. The lowest BCUT2D eigenvalue weighted by atomic mass is 10.2. The van der Waals surface area contributed by atoms with Crippen LogP contribution in [0.3, 0.4) is 0 Å². The molecule has 0 aromatic heterocycles. The average molecular weight is 218 g/mol. The zero-order valence-corrected chi connectivity index (χ0v) is 6.08. The molecule has 0 spiro atoms. The minimum atomic E-state index is -2.24. The molecule has 0 N–H and O–H groups in total. The molecule has 78 valence electrons. The lowest BCUT2D eigenvalue weighted by Gasteiger charge is -2.04. The molecule has 0 aliphatic rings. The van der Waals surface area contributed by atoms with Gasteiger partial charge in [-0.1, -0.05) is 0 Å². The summed E-state index contributed by atoms with van der Waals surface area (Å²) in [4.78, 5) is 5.06. The van der Waals surface area contributed by atoms with Crippen LogP contribution in [0.5, 0.6) is 11.5 Å². The van der Waals surface area contributed by atoms with Gasteiger partial charge in [-0.25, -0.2) is 0 Å². The Morgan fingerprint density at radius 2 is 0.786 bits per heavy atom. The zero-order valence-electron chi connectivity index (χ0n) is 6.08. The molecule has 0 saturated carbocycles. The van der Waals surface area contributed by atoms with E-state index in [9.17, 15) is 26.6 Å². The van der Waals surface area contributed by atoms with Crippen LogP contribution < -0.4 is 9.88 Å². The number of hydrogen-bond donors (Lipinski definition) is 0. The van der Waals surface area contributed by atoms with Crippen LogP contribution in [0.25, 0.3) is 0 Å². The molecule has 14 heavy (non-hydrogen) atoms. The van der Waals surface area contributed by atoms with Gasteiger partial charge >= 0.3 is 0 Å². The van der Waals surface area contributed by atoms with Gasteiger partial charge in [-0.05, 0) is 0 Å². The summed E-state index contributed by atoms with van der Waals surface area (Å²) < 4.78 is 72.8. The highest BCUT2D eigenvalue weighted by molar-refractivity contribution is 5.37. The van der Waals surface area contributed by atoms with Crippen LogP contribution in [0.1, 0.15) is 0 Å². The van der Waals surface area contributed by atoms with E-state index in [2.05, 4.69) is 9.88 Å². The molecule has 8 heteroatoms. The van der Waals surface area contributed by atoms with Crippen molar-refractivity contribution in [2.24, 2.45) is 0 Å². The molecule has 0 bridgehead atoms. The van der Waals surface area contributed by atoms with Crippen molar-refractivity contribution < 1.29 is 36.5 Å². The highest BCUT2D eigenvalue weighted by Crippen LogP contribution is 2.34. The van der Waals surface area contributed by atoms with Gasteiger partial charge in [-0.15, -0.1) is 0 Å². The van der Waals surface area contributed by atoms with Gasteiger partial charge in [-0.2, -0.15) is 17.6 Å². The van der Waals surface area contributed by atoms with Crippen LogP contribution in [-0.4, -0.2) is 0 Å². The predicted octanol–water partition coefficient (Wildman–Crippen LogP) is 2.77. The van der Waals surface area contributed by atoms with Crippen LogP contribution in [-0.2, 0) is 0 Å². The Balaban J connectivity index is 3.55. The van der Waals surface area contributed by atoms with E-state index in [4.69, 9.17) is 0 Å². The molecular weight excluding hydrogens is 218 g/mol. The third kappa shape index (κ3) is 1.32. The van der Waals surface area contributed by atoms with Crippen molar-refractivity contribution in [3.8, 4) is 11.5 Å². The quantitative estimate of drug-likeness (QED) is 0.561. The summed E-state index contributed by atoms with van der Waals surface area (Å²) in [5.74, 6) is -12.8. The Morgan fingerprint density at radius 1 is 0.571 bits per heavy atom. The fraction of sp³-hybridized carbons (Fsp3) is 0. The lowest BCUT2D eigenvalue weighted by Crippen LogP contribution is -2.01. The maximum Gasteiger partial charge on any atom is 0.249 e. The van der Waals surface area contributed by atoms with E-state index in [1.165, 1.54) is 0 Å². The van der Waals surface area contributed by atoms with Crippen LogP contribution >= 0.6 is 0 Å². The molecule has 0 aliphatic carbocycles. The molecule has 0 fully saturated rings. The second-order valence-corrected chi connectivity index (χ2v) is 2.07. The standard InChI is InChI=1S/C6F6O2/c7-1-2(8)6(14-12)4(10)3(9)5(1)13-11. The number of rotatable bonds is 2. The summed E-state index contributed by atoms with van der Waals surface area (Å²) in [7, 11) is 0. The van der Waals surface area contributed by atoms with Crippen molar-refractivity contribution in [3.05, 3.63) is 23.3 Å². The highest BCUT2D eigenvalue weighted by Gasteiger charge is 2.29. The van der Waals surface area contributed by atoms with Gasteiger partial charge in [0.25, 0.3) is 0 Å². The highest BCUT2D eigenvalue weighted by atomic mass is 19.3. The zero-order chi connectivity index (χ0) is 10.9. The van der Waals surface area contributed by atoms with Gasteiger partial charge in [0.15, 0.2) is 0 Å². The lowest BCUT2D eigenvalue weighted by molar-refractivity contribution is -0.0271. The molecule has 0 radical (unpaired) electrons. The molecule has 0 heterocycles. The largest absolute Gasteiger partial charge is 0.288 e. The van der Waals surface area contributed by atoms with Crippen LogP contribution in [0.15, 0.2) is 0 Å². The first-order valence-electron chi connectivity index (χ1n) is 2.97. The molecule has 0 aliphatic heterocycles. The molecule has 0 unspecified atom stereocenters. The molecule has 0 amide bonds. The summed E-state index contributed by atoms with van der Waals surface area (Å²) in [6.45, 7) is 0. The number of halogens is 6. The van der Waals surface area contributed by atoms with E-state index >= 15 is 0 Å². The van der Waals surface area contributed by atoms with Gasteiger partial charge < -0.3 is 0 Å². The maximum atomic E-state index is 12.5. The maximum absolute atomic E-state index is 12.5. The summed E-state index contributed by atoms with van der Waals surface area (Å²) in [5, 5.41) is 0. The monoisotopic (exact) mass is 218 g/mol. The van der Waals surface area contributed by atoms with Crippen molar-refractivity contribution in [2.45, 2.75) is 0 Å². The van der Waals surface area contributed by atoms with E-state index in [0.717, 1.165) is 0 Å². The molecule has 1 rings (SSSR count). The van der Waals surface area contributed by atoms with Crippen LogP contribution in [0, 0.1) is 23.3 Å². The van der Waals surface area contributed by atoms with E-state index in [0.29, 0.717) is 0 Å². The van der Waals surface area contributed by atoms with Crippen molar-refractivity contribution in [2.75, 3.05) is 0 Å². The second kappa shape index (κ2) is 3.64. The van der Waals surface area contributed by atoms with Gasteiger partial charge in [-0.3, -0.25) is 9.88 Å². The van der Waals surface area contributed by atoms with Gasteiger partial charge in [0.2, 0.25) is 34.8 Å². The molecule has 1 aromatic carbocycles. The van der Waals surface area contributed by atoms with Crippen molar-refractivity contribution in [3.63, 3.8) is 0 Å². The first-order chi connectivity index (χ1) is 6.54. The van der Waals surface area contributed by atoms with E-state index in [1.807, 2.05) is 0 Å². The third-order valence-corrected chi connectivity index (χ3v) is 1.34. The summed E-state index contributed by atoms with van der Waals surface area (Å²) >= 11 is 0. The predicted molar refractivity (Wildman–Crippen MR) is 29.7 cm³/mol. The van der Waals surface area contributed by atoms with Gasteiger partial charge in [0.1, 0.15) is 0 Å². The minimum absolute atomic E-state index is 1.94. The van der Waals surface area contributed by atoms with Crippen LogP contribution in [0.4, 0.5) is 26.6 Å². The molecule has 2 nitrogen and oxygen atoms in total. The third-order valence-electron chi connectivity index (χ3n) is 1.34. The van der Waals surface area contributed by atoms with E-state index < -0.39 is 34.8 Å². The fourth-order valence-electron chi connectivity index (χ4n) is 0.727. The Labute approximate surface area is 72.5 Å². The Kier molecular flexibility index (Phi) is 2.73. The van der Waals surface area contributed by atoms with Crippen molar-refractivity contribution in [1.29, 1.82) is 0 Å². The van der Waals surface area contributed by atoms with E-state index in [1.54, 1.807) is 0 Å². The smallest absolute Gasteiger partial charge is 0.249 e.